The summed E-state index contributed by atoms with van der Waals surface area (Å²) in [5.74, 6) is 1.27. The Balaban J connectivity index is 1.91. The normalized spacial score (nSPS) is 10.6. The molecular weight excluding hydrogens is 298 g/mol. The highest BCUT2D eigenvalue weighted by molar-refractivity contribution is 8.00. The Morgan fingerprint density at radius 2 is 2.05 bits per heavy atom. The van der Waals surface area contributed by atoms with Crippen molar-refractivity contribution in [1.82, 2.24) is 4.90 Å². The van der Waals surface area contributed by atoms with E-state index in [2.05, 4.69) is 19.1 Å². The summed E-state index contributed by atoms with van der Waals surface area (Å²) in [6.45, 7) is 3.60. The molecule has 1 amide bonds. The van der Waals surface area contributed by atoms with Crippen LogP contribution in [0, 0.1) is 6.92 Å². The van der Waals surface area contributed by atoms with Crippen molar-refractivity contribution in [2.45, 2.75) is 18.4 Å². The van der Waals surface area contributed by atoms with Crippen molar-refractivity contribution in [1.29, 1.82) is 0 Å². The van der Waals surface area contributed by atoms with Crippen LogP contribution in [0.4, 0.5) is 0 Å². The summed E-state index contributed by atoms with van der Waals surface area (Å²) in [7, 11) is 1.64. The second kappa shape index (κ2) is 8.66. The fraction of sp³-hybridized carbons (Fsp3) is 0.353. The molecule has 0 spiro atoms. The van der Waals surface area contributed by atoms with Crippen LogP contribution in [0.15, 0.2) is 52.0 Å². The fourth-order valence-corrected chi connectivity index (χ4v) is 2.76. The minimum atomic E-state index is 0.0824. The maximum Gasteiger partial charge on any atom is 0.233 e. The zero-order valence-electron chi connectivity index (χ0n) is 13.0. The zero-order valence-corrected chi connectivity index (χ0v) is 13.8. The Bertz CT molecular complexity index is 566. The molecule has 0 saturated heterocycles. The first kappa shape index (κ1) is 16.6. The van der Waals surface area contributed by atoms with Gasteiger partial charge in [-0.2, -0.15) is 0 Å². The summed E-state index contributed by atoms with van der Waals surface area (Å²) in [4.78, 5) is 15.3. The number of hydrogen-bond donors (Lipinski definition) is 0. The summed E-state index contributed by atoms with van der Waals surface area (Å²) < 4.78 is 10.4. The van der Waals surface area contributed by atoms with Gasteiger partial charge in [0.2, 0.25) is 5.91 Å². The molecule has 1 aromatic heterocycles. The molecule has 0 aliphatic rings. The lowest BCUT2D eigenvalue weighted by molar-refractivity contribution is -0.129. The van der Waals surface area contributed by atoms with Crippen LogP contribution in [0.2, 0.25) is 0 Å². The molecule has 0 fully saturated rings. The molecule has 118 valence electrons. The highest BCUT2D eigenvalue weighted by Gasteiger charge is 2.15. The number of benzene rings is 1. The third-order valence-electron chi connectivity index (χ3n) is 3.23. The summed E-state index contributed by atoms with van der Waals surface area (Å²) in [6, 6.07) is 11.9. The topological polar surface area (TPSA) is 42.7 Å². The Morgan fingerprint density at radius 3 is 2.68 bits per heavy atom. The van der Waals surface area contributed by atoms with Crippen LogP contribution in [0.3, 0.4) is 0 Å². The van der Waals surface area contributed by atoms with Gasteiger partial charge in [0.25, 0.3) is 0 Å². The van der Waals surface area contributed by atoms with E-state index in [1.54, 1.807) is 30.0 Å². The summed E-state index contributed by atoms with van der Waals surface area (Å²) in [5, 5.41) is 0. The SMILES string of the molecule is COCCN(Cc1ccco1)C(=O)CSc1ccc(C)cc1. The first-order chi connectivity index (χ1) is 10.7. The van der Waals surface area contributed by atoms with Crippen molar-refractivity contribution < 1.29 is 13.9 Å². The lowest BCUT2D eigenvalue weighted by atomic mass is 10.2. The number of carbonyl (C=O) groups is 1. The Morgan fingerprint density at radius 1 is 1.27 bits per heavy atom. The van der Waals surface area contributed by atoms with Crippen LogP contribution >= 0.6 is 11.8 Å². The molecule has 0 aliphatic carbocycles. The Hall–Kier alpha value is -1.72. The predicted molar refractivity (Wildman–Crippen MR) is 87.9 cm³/mol. The van der Waals surface area contributed by atoms with Crippen LogP contribution in [0.25, 0.3) is 0 Å². The number of furan rings is 1. The largest absolute Gasteiger partial charge is 0.467 e. The molecule has 22 heavy (non-hydrogen) atoms. The van der Waals surface area contributed by atoms with E-state index in [1.165, 1.54) is 5.56 Å². The van der Waals surface area contributed by atoms with Crippen molar-refractivity contribution in [3.63, 3.8) is 0 Å². The van der Waals surface area contributed by atoms with Crippen molar-refractivity contribution in [2.75, 3.05) is 26.0 Å². The van der Waals surface area contributed by atoms with E-state index < -0.39 is 0 Å². The molecule has 0 unspecified atom stereocenters. The van der Waals surface area contributed by atoms with E-state index in [-0.39, 0.29) is 5.91 Å². The van der Waals surface area contributed by atoms with Crippen LogP contribution in [0.5, 0.6) is 0 Å². The minimum Gasteiger partial charge on any atom is -0.467 e. The molecule has 4 nitrogen and oxygen atoms in total. The smallest absolute Gasteiger partial charge is 0.233 e. The van der Waals surface area contributed by atoms with Gasteiger partial charge in [-0.1, -0.05) is 17.7 Å². The first-order valence-corrected chi connectivity index (χ1v) is 8.16. The molecule has 0 bridgehead atoms. The number of rotatable bonds is 8. The van der Waals surface area contributed by atoms with Crippen LogP contribution < -0.4 is 0 Å². The molecule has 0 atom stereocenters. The van der Waals surface area contributed by atoms with Gasteiger partial charge in [-0.25, -0.2) is 0 Å². The van der Waals surface area contributed by atoms with Crippen molar-refractivity contribution in [3.8, 4) is 0 Å². The van der Waals surface area contributed by atoms with Crippen LogP contribution in [-0.4, -0.2) is 36.8 Å². The van der Waals surface area contributed by atoms with Gasteiger partial charge in [0.05, 0.1) is 25.2 Å². The van der Waals surface area contributed by atoms with E-state index in [0.29, 0.717) is 25.4 Å². The maximum absolute atomic E-state index is 12.4. The lowest BCUT2D eigenvalue weighted by Crippen LogP contribution is -2.34. The highest BCUT2D eigenvalue weighted by atomic mass is 32.2. The van der Waals surface area contributed by atoms with Crippen molar-refractivity contribution in [2.24, 2.45) is 0 Å². The fourth-order valence-electron chi connectivity index (χ4n) is 1.95. The third-order valence-corrected chi connectivity index (χ3v) is 4.22. The molecule has 5 heteroatoms. The molecular formula is C17H21NO3S. The maximum atomic E-state index is 12.4. The average Bonchev–Trinajstić information content (AvgIpc) is 3.03. The zero-order chi connectivity index (χ0) is 15.8. The molecule has 1 aromatic carbocycles. The van der Waals surface area contributed by atoms with E-state index >= 15 is 0 Å². The first-order valence-electron chi connectivity index (χ1n) is 7.17. The van der Waals surface area contributed by atoms with Crippen LogP contribution in [-0.2, 0) is 16.1 Å². The average molecular weight is 319 g/mol. The molecule has 0 radical (unpaired) electrons. The Kier molecular flexibility index (Phi) is 6.55. The number of hydrogen-bond acceptors (Lipinski definition) is 4. The lowest BCUT2D eigenvalue weighted by Gasteiger charge is -2.21. The van der Waals surface area contributed by atoms with E-state index in [0.717, 1.165) is 10.7 Å². The standard InChI is InChI=1S/C17H21NO3S/c1-14-5-7-16(8-6-14)22-13-17(19)18(9-11-20-2)12-15-4-3-10-21-15/h3-8,10H,9,11-13H2,1-2H3. The van der Waals surface area contributed by atoms with Gasteiger partial charge in [0.1, 0.15) is 5.76 Å². The Labute approximate surface area is 135 Å². The van der Waals surface area contributed by atoms with Gasteiger partial charge < -0.3 is 14.1 Å². The van der Waals surface area contributed by atoms with Gasteiger partial charge >= 0.3 is 0 Å². The van der Waals surface area contributed by atoms with Gasteiger partial charge in [0.15, 0.2) is 0 Å². The van der Waals surface area contributed by atoms with Gasteiger partial charge in [-0.15, -0.1) is 11.8 Å². The number of ether oxygens (including phenoxy) is 1. The van der Waals surface area contributed by atoms with Gasteiger partial charge in [-0.05, 0) is 31.2 Å². The number of nitrogens with zero attached hydrogens (tertiary/aromatic N) is 1. The molecule has 1 heterocycles. The molecule has 0 aliphatic heterocycles. The quantitative estimate of drug-likeness (QED) is 0.700. The molecule has 0 saturated carbocycles. The number of aryl methyl sites for hydroxylation is 1. The van der Waals surface area contributed by atoms with E-state index in [9.17, 15) is 4.79 Å². The van der Waals surface area contributed by atoms with Crippen molar-refractivity contribution >= 4 is 17.7 Å². The summed E-state index contributed by atoms with van der Waals surface area (Å²) >= 11 is 1.55. The van der Waals surface area contributed by atoms with Gasteiger partial charge in [-0.3, -0.25) is 4.79 Å². The van der Waals surface area contributed by atoms with Crippen LogP contribution in [0.1, 0.15) is 11.3 Å². The monoisotopic (exact) mass is 319 g/mol. The molecule has 2 aromatic rings. The number of carbonyl (C=O) groups excluding carboxylic acids is 1. The summed E-state index contributed by atoms with van der Waals surface area (Å²) in [5.41, 5.74) is 1.22. The summed E-state index contributed by atoms with van der Waals surface area (Å²) in [6.07, 6.45) is 1.62. The number of amides is 1. The third kappa shape index (κ3) is 5.24. The highest BCUT2D eigenvalue weighted by Crippen LogP contribution is 2.19. The minimum absolute atomic E-state index is 0.0824. The molecule has 2 rings (SSSR count). The number of methoxy groups -OCH3 is 1. The van der Waals surface area contributed by atoms with Gasteiger partial charge in [0, 0.05) is 18.6 Å². The second-order valence-electron chi connectivity index (χ2n) is 4.99. The predicted octanol–water partition coefficient (Wildman–Crippen LogP) is 3.36. The molecule has 0 N–H and O–H groups in total. The van der Waals surface area contributed by atoms with E-state index in [4.69, 9.17) is 9.15 Å². The number of thioether (sulfide) groups is 1. The van der Waals surface area contributed by atoms with E-state index in [1.807, 2.05) is 24.3 Å². The van der Waals surface area contributed by atoms with Crippen molar-refractivity contribution in [3.05, 3.63) is 54.0 Å². The second-order valence-corrected chi connectivity index (χ2v) is 6.04.